The molecule has 0 amide bonds. The van der Waals surface area contributed by atoms with Crippen molar-refractivity contribution in [2.45, 2.75) is 38.0 Å². The maximum Gasteiger partial charge on any atom is 0.125 e. The van der Waals surface area contributed by atoms with Crippen LogP contribution in [0.1, 0.15) is 43.7 Å². The fourth-order valence-corrected chi connectivity index (χ4v) is 3.64. The molecule has 2 heteroatoms. The van der Waals surface area contributed by atoms with Crippen molar-refractivity contribution < 1.29 is 4.39 Å². The van der Waals surface area contributed by atoms with Gasteiger partial charge in [0.05, 0.1) is 11.2 Å². The second-order valence-corrected chi connectivity index (χ2v) is 6.04. The fourth-order valence-electron chi connectivity index (χ4n) is 3.64. The molecule has 1 nitrogen and oxygen atoms in total. The van der Waals surface area contributed by atoms with Gasteiger partial charge in [-0.3, -0.25) is 4.98 Å². The molecule has 1 heterocycles. The Hall–Kier alpha value is -1.96. The van der Waals surface area contributed by atoms with Gasteiger partial charge in [0, 0.05) is 22.8 Å². The number of fused-ring (bicyclic) bond motifs is 3. The van der Waals surface area contributed by atoms with E-state index in [1.54, 1.807) is 6.07 Å². The summed E-state index contributed by atoms with van der Waals surface area (Å²) in [4.78, 5) is 4.85. The largest absolute Gasteiger partial charge is 0.252 e. The Morgan fingerprint density at radius 1 is 0.857 bits per heavy atom. The van der Waals surface area contributed by atoms with E-state index >= 15 is 0 Å². The van der Waals surface area contributed by atoms with Gasteiger partial charge in [-0.05, 0) is 30.4 Å². The molecule has 4 rings (SSSR count). The van der Waals surface area contributed by atoms with Gasteiger partial charge in [0.15, 0.2) is 0 Å². The van der Waals surface area contributed by atoms with Crippen LogP contribution >= 0.6 is 0 Å². The smallest absolute Gasteiger partial charge is 0.125 e. The lowest BCUT2D eigenvalue weighted by molar-refractivity contribution is 0.439. The monoisotopic (exact) mass is 279 g/mol. The molecule has 3 aromatic rings. The molecule has 0 atom stereocenters. The van der Waals surface area contributed by atoms with Gasteiger partial charge in [-0.25, -0.2) is 4.39 Å². The first-order chi connectivity index (χ1) is 10.3. The molecule has 0 unspecified atom stereocenters. The molecule has 0 aliphatic heterocycles. The van der Waals surface area contributed by atoms with Crippen molar-refractivity contribution in [3.8, 4) is 0 Å². The number of rotatable bonds is 1. The highest BCUT2D eigenvalue weighted by atomic mass is 19.1. The highest BCUT2D eigenvalue weighted by molar-refractivity contribution is 6.06. The number of aromatic nitrogens is 1. The molecular formula is C19H18FN. The average molecular weight is 279 g/mol. The maximum absolute atomic E-state index is 13.6. The normalized spacial score (nSPS) is 16.6. The molecule has 1 saturated carbocycles. The third-order valence-electron chi connectivity index (χ3n) is 4.69. The van der Waals surface area contributed by atoms with Gasteiger partial charge in [0.25, 0.3) is 0 Å². The Kier molecular flexibility index (Phi) is 3.10. The molecule has 1 aliphatic rings. The number of halogens is 1. The zero-order chi connectivity index (χ0) is 14.2. The van der Waals surface area contributed by atoms with E-state index in [4.69, 9.17) is 4.98 Å². The number of nitrogens with zero attached hydrogens (tertiary/aromatic N) is 1. The SMILES string of the molecule is Fc1ccc2c(c1)nc(C1CCCCC1)c1ccccc12. The lowest BCUT2D eigenvalue weighted by Gasteiger charge is -2.23. The molecule has 1 aromatic heterocycles. The third kappa shape index (κ3) is 2.19. The first-order valence-corrected chi connectivity index (χ1v) is 7.81. The van der Waals surface area contributed by atoms with E-state index in [1.807, 2.05) is 6.07 Å². The lowest BCUT2D eigenvalue weighted by Crippen LogP contribution is -2.07. The second-order valence-electron chi connectivity index (χ2n) is 6.04. The van der Waals surface area contributed by atoms with Gasteiger partial charge in [0.2, 0.25) is 0 Å². The van der Waals surface area contributed by atoms with Crippen molar-refractivity contribution in [2.24, 2.45) is 0 Å². The third-order valence-corrected chi connectivity index (χ3v) is 4.69. The van der Waals surface area contributed by atoms with Crippen molar-refractivity contribution >= 4 is 21.7 Å². The van der Waals surface area contributed by atoms with E-state index in [-0.39, 0.29) is 5.82 Å². The summed E-state index contributed by atoms with van der Waals surface area (Å²) in [6, 6.07) is 13.4. The average Bonchev–Trinajstić information content (AvgIpc) is 2.54. The fraction of sp³-hybridized carbons (Fsp3) is 0.316. The Morgan fingerprint density at radius 2 is 1.62 bits per heavy atom. The highest BCUT2D eigenvalue weighted by Gasteiger charge is 2.20. The van der Waals surface area contributed by atoms with E-state index in [2.05, 4.69) is 24.3 Å². The van der Waals surface area contributed by atoms with Crippen LogP contribution in [0.4, 0.5) is 4.39 Å². The van der Waals surface area contributed by atoms with E-state index in [9.17, 15) is 4.39 Å². The molecule has 0 spiro atoms. The van der Waals surface area contributed by atoms with Crippen molar-refractivity contribution in [1.29, 1.82) is 0 Å². The number of benzene rings is 2. The maximum atomic E-state index is 13.6. The second kappa shape index (κ2) is 5.10. The molecule has 1 fully saturated rings. The number of hydrogen-bond acceptors (Lipinski definition) is 1. The molecule has 0 N–H and O–H groups in total. The number of hydrogen-bond donors (Lipinski definition) is 0. The van der Waals surface area contributed by atoms with Crippen molar-refractivity contribution in [2.75, 3.05) is 0 Å². The predicted octanol–water partition coefficient (Wildman–Crippen LogP) is 5.57. The van der Waals surface area contributed by atoms with Gasteiger partial charge in [-0.15, -0.1) is 0 Å². The van der Waals surface area contributed by atoms with Crippen molar-refractivity contribution in [3.63, 3.8) is 0 Å². The minimum atomic E-state index is -0.208. The van der Waals surface area contributed by atoms with Gasteiger partial charge in [-0.1, -0.05) is 43.5 Å². The van der Waals surface area contributed by atoms with E-state index < -0.39 is 0 Å². The first-order valence-electron chi connectivity index (χ1n) is 7.81. The quantitative estimate of drug-likeness (QED) is 0.530. The van der Waals surface area contributed by atoms with E-state index in [0.29, 0.717) is 5.92 Å². The van der Waals surface area contributed by atoms with Crippen LogP contribution in [-0.4, -0.2) is 4.98 Å². The Balaban J connectivity index is 2.02. The summed E-state index contributed by atoms with van der Waals surface area (Å²) in [7, 11) is 0. The first kappa shape index (κ1) is 12.8. The zero-order valence-electron chi connectivity index (χ0n) is 12.0. The van der Waals surface area contributed by atoms with Crippen molar-refractivity contribution in [1.82, 2.24) is 4.98 Å². The van der Waals surface area contributed by atoms with Crippen LogP contribution in [-0.2, 0) is 0 Å². The van der Waals surface area contributed by atoms with Crippen LogP contribution in [0, 0.1) is 5.82 Å². The minimum Gasteiger partial charge on any atom is -0.252 e. The summed E-state index contributed by atoms with van der Waals surface area (Å²) >= 11 is 0. The van der Waals surface area contributed by atoms with Crippen LogP contribution in [0.2, 0.25) is 0 Å². The summed E-state index contributed by atoms with van der Waals surface area (Å²) in [5.41, 5.74) is 1.96. The summed E-state index contributed by atoms with van der Waals surface area (Å²) < 4.78 is 13.6. The Morgan fingerprint density at radius 3 is 2.43 bits per heavy atom. The molecule has 0 saturated heterocycles. The van der Waals surface area contributed by atoms with Crippen LogP contribution in [0.3, 0.4) is 0 Å². The molecule has 0 radical (unpaired) electrons. The molecule has 2 aromatic carbocycles. The lowest BCUT2D eigenvalue weighted by atomic mass is 9.84. The molecule has 1 aliphatic carbocycles. The van der Waals surface area contributed by atoms with Crippen molar-refractivity contribution in [3.05, 3.63) is 54.0 Å². The van der Waals surface area contributed by atoms with Gasteiger partial charge < -0.3 is 0 Å². The topological polar surface area (TPSA) is 12.9 Å². The summed E-state index contributed by atoms with van der Waals surface area (Å²) in [6.45, 7) is 0. The van der Waals surface area contributed by atoms with Crippen LogP contribution in [0.5, 0.6) is 0 Å². The van der Waals surface area contributed by atoms with Gasteiger partial charge >= 0.3 is 0 Å². The summed E-state index contributed by atoms with van der Waals surface area (Å²) in [5, 5.41) is 3.48. The molecule has 106 valence electrons. The van der Waals surface area contributed by atoms with Gasteiger partial charge in [0.1, 0.15) is 5.82 Å². The predicted molar refractivity (Wildman–Crippen MR) is 85.0 cm³/mol. The number of pyridine rings is 1. The van der Waals surface area contributed by atoms with E-state index in [0.717, 1.165) is 10.9 Å². The molecular weight excluding hydrogens is 261 g/mol. The standard InChI is InChI=1S/C19H18FN/c20-14-10-11-16-15-8-4-5-9-17(15)19(21-18(16)12-14)13-6-2-1-3-7-13/h4-5,8-13H,1-3,6-7H2. The summed E-state index contributed by atoms with van der Waals surface area (Å²) in [5.74, 6) is 0.316. The molecule has 0 bridgehead atoms. The van der Waals surface area contributed by atoms with Gasteiger partial charge in [-0.2, -0.15) is 0 Å². The van der Waals surface area contributed by atoms with Crippen LogP contribution in [0.15, 0.2) is 42.5 Å². The molecule has 21 heavy (non-hydrogen) atoms. The Bertz CT molecular complexity index is 803. The highest BCUT2D eigenvalue weighted by Crippen LogP contribution is 2.37. The Labute approximate surface area is 123 Å². The zero-order valence-corrected chi connectivity index (χ0v) is 12.0. The minimum absolute atomic E-state index is 0.208. The van der Waals surface area contributed by atoms with E-state index in [1.165, 1.54) is 54.6 Å². The van der Waals surface area contributed by atoms with Crippen LogP contribution in [0.25, 0.3) is 21.7 Å². The summed E-state index contributed by atoms with van der Waals surface area (Å²) in [6.07, 6.45) is 6.30. The van der Waals surface area contributed by atoms with Crippen LogP contribution < -0.4 is 0 Å².